The third-order valence-electron chi connectivity index (χ3n) is 8.37. The Morgan fingerprint density at radius 3 is 2.69 bits per heavy atom. The van der Waals surface area contributed by atoms with Crippen LogP contribution >= 0.6 is 11.8 Å². The summed E-state index contributed by atoms with van der Waals surface area (Å²) in [5, 5.41) is 17.1. The number of morpholine rings is 1. The number of hydrogen-bond acceptors (Lipinski definition) is 9. The predicted octanol–water partition coefficient (Wildman–Crippen LogP) is 5.07. The lowest BCUT2D eigenvalue weighted by atomic mass is 9.85. The molecule has 0 aliphatic carbocycles. The molecule has 1 spiro atoms. The summed E-state index contributed by atoms with van der Waals surface area (Å²) in [6, 6.07) is 15.5. The van der Waals surface area contributed by atoms with Crippen molar-refractivity contribution >= 4 is 45.4 Å². The van der Waals surface area contributed by atoms with Gasteiger partial charge in [0, 0.05) is 41.2 Å². The smallest absolute Gasteiger partial charge is 0.410 e. The van der Waals surface area contributed by atoms with Gasteiger partial charge in [0.25, 0.3) is 0 Å². The fourth-order valence-electron chi connectivity index (χ4n) is 6.05. The number of hydrogen-bond donors (Lipinski definition) is 2. The zero-order valence-corrected chi connectivity index (χ0v) is 26.7. The van der Waals surface area contributed by atoms with E-state index in [1.807, 2.05) is 58.0 Å². The van der Waals surface area contributed by atoms with Crippen molar-refractivity contribution in [2.45, 2.75) is 57.2 Å². The average Bonchev–Trinajstić information content (AvgIpc) is 3.44. The number of urea groups is 1. The molecule has 3 aliphatic heterocycles. The Balaban J connectivity index is 1.18. The molecule has 234 valence electrons. The van der Waals surface area contributed by atoms with Gasteiger partial charge in [-0.3, -0.25) is 4.90 Å². The number of amides is 3. The van der Waals surface area contributed by atoms with Crippen molar-refractivity contribution in [1.82, 2.24) is 30.4 Å². The highest BCUT2D eigenvalue weighted by molar-refractivity contribution is 8.09. The second kappa shape index (κ2) is 12.2. The number of nitrogens with zero attached hydrogens (tertiary/aromatic N) is 5. The summed E-state index contributed by atoms with van der Waals surface area (Å²) in [6.07, 6.45) is 2.42. The zero-order chi connectivity index (χ0) is 31.8. The molecule has 3 aromatic rings. The molecule has 45 heavy (non-hydrogen) atoms. The van der Waals surface area contributed by atoms with Crippen LogP contribution in [-0.4, -0.2) is 81.4 Å². The molecular formula is C33H37N7O4S. The lowest BCUT2D eigenvalue weighted by Crippen LogP contribution is -2.64. The summed E-state index contributed by atoms with van der Waals surface area (Å²) in [7, 11) is 0. The van der Waals surface area contributed by atoms with Gasteiger partial charge in [-0.1, -0.05) is 30.0 Å². The molecule has 11 nitrogen and oxygen atoms in total. The third-order valence-corrected chi connectivity index (χ3v) is 9.51. The number of aromatic nitrogens is 2. The Morgan fingerprint density at radius 1 is 1.13 bits per heavy atom. The second-order valence-corrected chi connectivity index (χ2v) is 13.7. The molecule has 1 atom stereocenters. The van der Waals surface area contributed by atoms with Crippen LogP contribution in [-0.2, 0) is 9.47 Å². The van der Waals surface area contributed by atoms with E-state index in [-0.39, 0.29) is 12.1 Å². The molecule has 2 fully saturated rings. The van der Waals surface area contributed by atoms with Crippen LogP contribution in [0.4, 0.5) is 9.59 Å². The van der Waals surface area contributed by atoms with Gasteiger partial charge < -0.3 is 25.0 Å². The van der Waals surface area contributed by atoms with Crippen LogP contribution in [0.1, 0.15) is 56.0 Å². The number of ether oxygens (including phenoxy) is 2. The summed E-state index contributed by atoms with van der Waals surface area (Å²) in [6.45, 7) is 9.86. The van der Waals surface area contributed by atoms with Gasteiger partial charge in [-0.15, -0.1) is 0 Å². The van der Waals surface area contributed by atoms with Crippen molar-refractivity contribution in [3.05, 3.63) is 71.2 Å². The van der Waals surface area contributed by atoms with Crippen molar-refractivity contribution < 1.29 is 19.1 Å². The van der Waals surface area contributed by atoms with Crippen molar-refractivity contribution in [3.63, 3.8) is 0 Å². The number of nitrogens with one attached hydrogen (secondary N) is 2. The van der Waals surface area contributed by atoms with Crippen LogP contribution in [0.3, 0.4) is 0 Å². The largest absolute Gasteiger partial charge is 0.444 e. The Kier molecular flexibility index (Phi) is 8.33. The number of likely N-dealkylation sites (tertiary alicyclic amines) is 1. The number of benzene rings is 2. The number of carbonyl (C=O) groups excluding carboxylic acids is 2. The molecule has 3 aliphatic rings. The molecule has 0 bridgehead atoms. The fraction of sp³-hybridized carbons (Fsp3) is 0.424. The molecule has 2 saturated heterocycles. The zero-order valence-electron chi connectivity index (χ0n) is 25.9. The molecule has 6 rings (SSSR count). The molecular weight excluding hydrogens is 590 g/mol. The number of piperidine rings is 1. The molecule has 3 amide bonds. The second-order valence-electron chi connectivity index (χ2n) is 12.6. The van der Waals surface area contributed by atoms with E-state index < -0.39 is 16.6 Å². The van der Waals surface area contributed by atoms with Gasteiger partial charge in [-0.25, -0.2) is 19.6 Å². The Hall–Kier alpha value is -4.34. The third kappa shape index (κ3) is 6.41. The molecule has 1 aromatic heterocycles. The number of fused-ring (bicyclic) bond motifs is 1. The van der Waals surface area contributed by atoms with Gasteiger partial charge in [0.15, 0.2) is 5.50 Å². The molecule has 0 saturated carbocycles. The summed E-state index contributed by atoms with van der Waals surface area (Å²) in [5.41, 5.74) is 3.42. The topological polar surface area (TPSA) is 133 Å². The first kappa shape index (κ1) is 30.7. The predicted molar refractivity (Wildman–Crippen MR) is 173 cm³/mol. The Bertz CT molecular complexity index is 1710. The van der Waals surface area contributed by atoms with Gasteiger partial charge >= 0.3 is 12.1 Å². The SMILES string of the molecule is Cc1ncnc2ccc(C3=C(c4cccc(C#N)c4)NC(NC(=O)N4CCC5(CC4)COCCN5C(=O)OC(C)(C)C)S3)cc12. The monoisotopic (exact) mass is 627 g/mol. The maximum absolute atomic E-state index is 13.6. The van der Waals surface area contributed by atoms with Crippen LogP contribution in [0.25, 0.3) is 21.5 Å². The molecule has 2 aromatic carbocycles. The van der Waals surface area contributed by atoms with E-state index in [4.69, 9.17) is 9.47 Å². The van der Waals surface area contributed by atoms with Gasteiger partial charge in [-0.2, -0.15) is 5.26 Å². The maximum Gasteiger partial charge on any atom is 0.410 e. The van der Waals surface area contributed by atoms with Crippen molar-refractivity contribution in [2.75, 3.05) is 32.8 Å². The van der Waals surface area contributed by atoms with Crippen molar-refractivity contribution in [3.8, 4) is 6.07 Å². The van der Waals surface area contributed by atoms with Crippen LogP contribution in [0.15, 0.2) is 48.8 Å². The first-order valence-corrected chi connectivity index (χ1v) is 16.0. The first-order valence-electron chi connectivity index (χ1n) is 15.1. The Labute approximate surface area is 267 Å². The van der Waals surface area contributed by atoms with Gasteiger partial charge in [0.1, 0.15) is 11.9 Å². The van der Waals surface area contributed by atoms with Crippen molar-refractivity contribution in [1.29, 1.82) is 5.26 Å². The van der Waals surface area contributed by atoms with E-state index in [0.717, 1.165) is 38.3 Å². The standard InChI is InChI=1S/C33H37N7O4S/c1-21-25-17-24(8-9-26(25)36-20-35-21)28-27(23-7-5-6-22(16-23)18-34)37-29(45-28)38-30(41)39-12-10-33(11-13-39)19-43-15-14-40(33)31(42)44-32(2,3)4/h5-9,16-17,20,29,37H,10-15,19H2,1-4H3,(H,38,41). The van der Waals surface area contributed by atoms with E-state index in [2.05, 4.69) is 32.7 Å². The van der Waals surface area contributed by atoms with Crippen molar-refractivity contribution in [2.24, 2.45) is 0 Å². The van der Waals surface area contributed by atoms with E-state index in [9.17, 15) is 14.9 Å². The minimum absolute atomic E-state index is 0.190. The number of thioether (sulfide) groups is 1. The molecule has 0 radical (unpaired) electrons. The minimum Gasteiger partial charge on any atom is -0.444 e. The molecule has 1 unspecified atom stereocenters. The summed E-state index contributed by atoms with van der Waals surface area (Å²) >= 11 is 1.51. The van der Waals surface area contributed by atoms with Gasteiger partial charge in [0.05, 0.1) is 41.6 Å². The van der Waals surface area contributed by atoms with Crippen LogP contribution in [0.2, 0.25) is 0 Å². The fourth-order valence-corrected chi connectivity index (χ4v) is 7.18. The average molecular weight is 628 g/mol. The lowest BCUT2D eigenvalue weighted by Gasteiger charge is -2.50. The number of aryl methyl sites for hydroxylation is 1. The lowest BCUT2D eigenvalue weighted by molar-refractivity contribution is -0.0923. The van der Waals surface area contributed by atoms with Crippen LogP contribution in [0, 0.1) is 18.3 Å². The van der Waals surface area contributed by atoms with Crippen LogP contribution < -0.4 is 10.6 Å². The van der Waals surface area contributed by atoms with E-state index in [1.54, 1.807) is 22.2 Å². The normalized spacial score (nSPS) is 19.8. The molecule has 2 N–H and O–H groups in total. The quantitative estimate of drug-likeness (QED) is 0.409. The first-order chi connectivity index (χ1) is 21.5. The van der Waals surface area contributed by atoms with Gasteiger partial charge in [0.2, 0.25) is 0 Å². The number of rotatable bonds is 3. The highest BCUT2D eigenvalue weighted by Gasteiger charge is 2.47. The molecule has 12 heteroatoms. The summed E-state index contributed by atoms with van der Waals surface area (Å²) in [4.78, 5) is 40.0. The van der Waals surface area contributed by atoms with E-state index >= 15 is 0 Å². The summed E-state index contributed by atoms with van der Waals surface area (Å²) < 4.78 is 11.5. The minimum atomic E-state index is -0.593. The van der Waals surface area contributed by atoms with Crippen LogP contribution in [0.5, 0.6) is 0 Å². The Morgan fingerprint density at radius 2 is 1.93 bits per heavy atom. The highest BCUT2D eigenvalue weighted by atomic mass is 32.2. The van der Waals surface area contributed by atoms with Gasteiger partial charge in [-0.05, 0) is 70.4 Å². The highest BCUT2D eigenvalue weighted by Crippen LogP contribution is 2.42. The summed E-state index contributed by atoms with van der Waals surface area (Å²) in [5.74, 6) is 0. The number of carbonyl (C=O) groups is 2. The maximum atomic E-state index is 13.6. The van der Waals surface area contributed by atoms with E-state index in [1.165, 1.54) is 11.8 Å². The number of nitriles is 1. The van der Waals surface area contributed by atoms with E-state index in [0.29, 0.717) is 51.3 Å². The molecule has 4 heterocycles.